The van der Waals surface area contributed by atoms with Crippen molar-refractivity contribution in [2.24, 2.45) is 28.1 Å². The van der Waals surface area contributed by atoms with E-state index >= 15 is 0 Å². The largest absolute Gasteiger partial charge is 0.382 e. The molecule has 0 aliphatic heterocycles. The number of amides is 1. The second-order valence-corrected chi connectivity index (χ2v) is 10.2. The van der Waals surface area contributed by atoms with Crippen LogP contribution in [0.4, 0.5) is 0 Å². The van der Waals surface area contributed by atoms with Crippen molar-refractivity contribution >= 4 is 11.7 Å². The Bertz CT molecular complexity index is 696. The Morgan fingerprint density at radius 3 is 2.69 bits per heavy atom. The van der Waals surface area contributed by atoms with Gasteiger partial charge < -0.3 is 10.4 Å². The summed E-state index contributed by atoms with van der Waals surface area (Å²) in [5.74, 6) is 2.95. The molecule has 2 unspecified atom stereocenters. The Labute approximate surface area is 156 Å². The van der Waals surface area contributed by atoms with Crippen LogP contribution in [0.25, 0.3) is 0 Å². The third kappa shape index (κ3) is 2.32. The first-order chi connectivity index (χ1) is 12.2. The van der Waals surface area contributed by atoms with Crippen molar-refractivity contribution in [3.05, 3.63) is 0 Å². The summed E-state index contributed by atoms with van der Waals surface area (Å²) in [6, 6.07) is 0. The minimum Gasteiger partial charge on any atom is -0.382 e. The maximum atomic E-state index is 12.5. The predicted octanol–water partition coefficient (Wildman–Crippen LogP) is 2.83. The summed E-state index contributed by atoms with van der Waals surface area (Å²) in [6.07, 6.45) is 13.6. The third-order valence-electron chi connectivity index (χ3n) is 8.87. The van der Waals surface area contributed by atoms with Crippen molar-refractivity contribution < 1.29 is 14.7 Å². The summed E-state index contributed by atoms with van der Waals surface area (Å²) in [6.45, 7) is 5.37. The van der Waals surface area contributed by atoms with Gasteiger partial charge in [-0.05, 0) is 78.9 Å². The molecule has 4 rings (SSSR count). The van der Waals surface area contributed by atoms with Crippen molar-refractivity contribution in [3.8, 4) is 12.3 Å². The van der Waals surface area contributed by atoms with E-state index in [0.717, 1.165) is 32.1 Å². The first-order valence-electron chi connectivity index (χ1n) is 10.2. The molecule has 1 spiro atoms. The van der Waals surface area contributed by atoms with Crippen LogP contribution in [0.3, 0.4) is 0 Å². The molecule has 0 aromatic heterocycles. The number of aliphatic hydroxyl groups is 1. The Kier molecular flexibility index (Phi) is 3.87. The maximum Gasteiger partial charge on any atom is 0.295 e. The number of Topliss-reactive ketones (excluding diaryl/α,β-unsaturated/α-hetero) is 1. The average molecular weight is 357 g/mol. The summed E-state index contributed by atoms with van der Waals surface area (Å²) in [4.78, 5) is 24.1. The highest BCUT2D eigenvalue weighted by atomic mass is 16.3. The van der Waals surface area contributed by atoms with E-state index in [-0.39, 0.29) is 27.9 Å². The summed E-state index contributed by atoms with van der Waals surface area (Å²) < 4.78 is 0. The summed E-state index contributed by atoms with van der Waals surface area (Å²) in [7, 11) is 0. The van der Waals surface area contributed by atoms with Crippen LogP contribution in [-0.2, 0) is 9.59 Å². The number of hydrogen-bond acceptors (Lipinski definition) is 3. The fraction of sp³-hybridized carbons (Fsp3) is 0.818. The summed E-state index contributed by atoms with van der Waals surface area (Å²) in [5.41, 5.74) is -0.802. The van der Waals surface area contributed by atoms with E-state index in [1.807, 2.05) is 0 Å². The van der Waals surface area contributed by atoms with Crippen LogP contribution in [0.15, 0.2) is 0 Å². The second kappa shape index (κ2) is 5.58. The van der Waals surface area contributed by atoms with Crippen LogP contribution in [0.5, 0.6) is 0 Å². The molecule has 4 nitrogen and oxygen atoms in total. The molecular formula is C22H31NO3. The number of ketones is 1. The van der Waals surface area contributed by atoms with Gasteiger partial charge in [0.1, 0.15) is 5.60 Å². The highest BCUT2D eigenvalue weighted by Gasteiger charge is 2.67. The van der Waals surface area contributed by atoms with Crippen LogP contribution in [0, 0.1) is 40.4 Å². The van der Waals surface area contributed by atoms with E-state index in [0.29, 0.717) is 37.6 Å². The van der Waals surface area contributed by atoms with Crippen LogP contribution in [0.2, 0.25) is 0 Å². The van der Waals surface area contributed by atoms with Gasteiger partial charge >= 0.3 is 0 Å². The number of carbonyl (C=O) groups is 2. The lowest BCUT2D eigenvalue weighted by Gasteiger charge is -2.64. The molecule has 4 aliphatic carbocycles. The number of hydrogen-bond donors (Lipinski definition) is 2. The summed E-state index contributed by atoms with van der Waals surface area (Å²) >= 11 is 0. The first kappa shape index (κ1) is 18.0. The standard InChI is InChI=1S/C22H31NO3/c1-4-18(25)23-14-19(2)8-5-9-20(3)15(19)6-10-21-12-17(24)22(26,13-21)11-7-16(20)21/h1,15-16,26H,5-14H2,2-3H3,(H,23,25)/t15?,16?,19-,20+,21+,22-/m0/s1. The van der Waals surface area contributed by atoms with Crippen molar-refractivity contribution in [1.82, 2.24) is 5.32 Å². The number of rotatable bonds is 2. The molecule has 4 heteroatoms. The van der Waals surface area contributed by atoms with Gasteiger partial charge in [0.05, 0.1) is 0 Å². The van der Waals surface area contributed by atoms with Gasteiger partial charge in [0.15, 0.2) is 5.78 Å². The van der Waals surface area contributed by atoms with Gasteiger partial charge in [-0.15, -0.1) is 6.42 Å². The van der Waals surface area contributed by atoms with Gasteiger partial charge in [-0.2, -0.15) is 0 Å². The lowest BCUT2D eigenvalue weighted by Crippen LogP contribution is -2.59. The zero-order valence-corrected chi connectivity index (χ0v) is 16.1. The highest BCUT2D eigenvalue weighted by Crippen LogP contribution is 2.71. The van der Waals surface area contributed by atoms with E-state index in [2.05, 4.69) is 25.1 Å². The fourth-order valence-corrected chi connectivity index (χ4v) is 7.86. The molecule has 0 saturated heterocycles. The molecule has 0 aromatic carbocycles. The first-order valence-corrected chi connectivity index (χ1v) is 10.2. The van der Waals surface area contributed by atoms with Crippen molar-refractivity contribution in [3.63, 3.8) is 0 Å². The smallest absolute Gasteiger partial charge is 0.295 e. The Morgan fingerprint density at radius 1 is 1.23 bits per heavy atom. The minimum atomic E-state index is -1.04. The number of nitrogens with one attached hydrogen (secondary N) is 1. The Morgan fingerprint density at radius 2 is 1.96 bits per heavy atom. The van der Waals surface area contributed by atoms with Crippen LogP contribution >= 0.6 is 0 Å². The fourth-order valence-electron chi connectivity index (χ4n) is 7.86. The maximum absolute atomic E-state index is 12.5. The normalized spacial score (nSPS) is 49.7. The molecule has 2 N–H and O–H groups in total. The third-order valence-corrected chi connectivity index (χ3v) is 8.87. The molecule has 4 fully saturated rings. The molecule has 0 heterocycles. The van der Waals surface area contributed by atoms with E-state index in [1.54, 1.807) is 0 Å². The van der Waals surface area contributed by atoms with Gasteiger partial charge in [0.25, 0.3) is 5.91 Å². The van der Waals surface area contributed by atoms with Crippen LogP contribution in [0.1, 0.15) is 71.6 Å². The van der Waals surface area contributed by atoms with Crippen molar-refractivity contribution in [2.75, 3.05) is 6.54 Å². The topological polar surface area (TPSA) is 66.4 Å². The molecule has 26 heavy (non-hydrogen) atoms. The van der Waals surface area contributed by atoms with E-state index in [4.69, 9.17) is 6.42 Å². The van der Waals surface area contributed by atoms with Gasteiger partial charge in [0.2, 0.25) is 0 Å². The molecule has 4 aliphatic rings. The number of terminal acetylenes is 1. The van der Waals surface area contributed by atoms with Gasteiger partial charge in [0, 0.05) is 13.0 Å². The second-order valence-electron chi connectivity index (χ2n) is 10.2. The predicted molar refractivity (Wildman–Crippen MR) is 99.0 cm³/mol. The van der Waals surface area contributed by atoms with Crippen LogP contribution < -0.4 is 5.32 Å². The minimum absolute atomic E-state index is 0.00957. The molecule has 2 bridgehead atoms. The highest BCUT2D eigenvalue weighted by molar-refractivity contribution is 5.92. The molecule has 6 atom stereocenters. The van der Waals surface area contributed by atoms with Gasteiger partial charge in [-0.3, -0.25) is 9.59 Å². The molecular weight excluding hydrogens is 326 g/mol. The quantitative estimate of drug-likeness (QED) is 0.747. The monoisotopic (exact) mass is 357 g/mol. The zero-order chi connectivity index (χ0) is 18.8. The lowest BCUT2D eigenvalue weighted by atomic mass is 9.41. The molecule has 1 amide bonds. The van der Waals surface area contributed by atoms with E-state index < -0.39 is 5.60 Å². The van der Waals surface area contributed by atoms with E-state index in [9.17, 15) is 14.7 Å². The zero-order valence-electron chi connectivity index (χ0n) is 16.1. The number of carbonyl (C=O) groups excluding carboxylic acids is 2. The molecule has 0 aromatic rings. The Balaban J connectivity index is 1.63. The van der Waals surface area contributed by atoms with Gasteiger partial charge in [-0.1, -0.05) is 20.3 Å². The molecule has 142 valence electrons. The van der Waals surface area contributed by atoms with E-state index in [1.165, 1.54) is 6.42 Å². The molecule has 0 radical (unpaired) electrons. The van der Waals surface area contributed by atoms with Crippen molar-refractivity contribution in [1.29, 1.82) is 0 Å². The number of fused-ring (bicyclic) bond motifs is 3. The molecule has 4 saturated carbocycles. The summed E-state index contributed by atoms with van der Waals surface area (Å²) in [5, 5.41) is 13.7. The lowest BCUT2D eigenvalue weighted by molar-refractivity contribution is -0.164. The SMILES string of the molecule is C#CC(=O)NC[C@]1(C)CCC[C@]2(C)C1CC[C@]13CC(=O)[C@](O)(CCC12)C3. The van der Waals surface area contributed by atoms with Gasteiger partial charge in [-0.25, -0.2) is 0 Å². The Hall–Kier alpha value is -1.34. The average Bonchev–Trinajstić information content (AvgIpc) is 2.76. The van der Waals surface area contributed by atoms with Crippen LogP contribution in [-0.4, -0.2) is 28.9 Å². The van der Waals surface area contributed by atoms with Crippen molar-refractivity contribution in [2.45, 2.75) is 77.2 Å².